The first-order valence-electron chi connectivity index (χ1n) is 13.8. The molecule has 3 N–H and O–H groups in total. The number of aromatic nitrogens is 1. The van der Waals surface area contributed by atoms with E-state index in [0.29, 0.717) is 36.5 Å². The molecule has 11 heteroatoms. The number of piperazine rings is 1. The Kier molecular flexibility index (Phi) is 10.5. The third kappa shape index (κ3) is 7.90. The fourth-order valence-corrected chi connectivity index (χ4v) is 7.21. The van der Waals surface area contributed by atoms with E-state index < -0.39 is 27.9 Å². The van der Waals surface area contributed by atoms with Gasteiger partial charge in [0.25, 0.3) is 0 Å². The molecule has 0 unspecified atom stereocenters. The van der Waals surface area contributed by atoms with Crippen LogP contribution in [0.1, 0.15) is 38.3 Å². The molecule has 3 atom stereocenters. The number of benzene rings is 2. The van der Waals surface area contributed by atoms with Crippen molar-refractivity contribution in [1.29, 1.82) is 0 Å². The lowest BCUT2D eigenvalue weighted by molar-refractivity contribution is -0.118. The number of halogens is 2. The summed E-state index contributed by atoms with van der Waals surface area (Å²) in [6, 6.07) is 14.4. The Bertz CT molecular complexity index is 1420. The third-order valence-electron chi connectivity index (χ3n) is 7.13. The van der Waals surface area contributed by atoms with Gasteiger partial charge in [-0.2, -0.15) is 4.31 Å². The van der Waals surface area contributed by atoms with Gasteiger partial charge in [0.1, 0.15) is 5.82 Å². The normalized spacial score (nSPS) is 18.8. The Morgan fingerprint density at radius 3 is 2.51 bits per heavy atom. The minimum Gasteiger partial charge on any atom is -0.323 e. The van der Waals surface area contributed by atoms with Gasteiger partial charge in [-0.05, 0) is 56.0 Å². The summed E-state index contributed by atoms with van der Waals surface area (Å²) in [4.78, 5) is 17.6. The highest BCUT2D eigenvalue weighted by Gasteiger charge is 2.37. The number of anilines is 1. The van der Waals surface area contributed by atoms with Crippen molar-refractivity contribution >= 4 is 33.2 Å². The molecule has 2 aromatic carbocycles. The van der Waals surface area contributed by atoms with E-state index in [-0.39, 0.29) is 35.0 Å². The van der Waals surface area contributed by atoms with Crippen molar-refractivity contribution < 1.29 is 17.6 Å². The van der Waals surface area contributed by atoms with Gasteiger partial charge >= 0.3 is 0 Å². The van der Waals surface area contributed by atoms with Gasteiger partial charge in [0, 0.05) is 41.8 Å². The monoisotopic (exact) mass is 601 g/mol. The van der Waals surface area contributed by atoms with Crippen molar-refractivity contribution in [2.45, 2.75) is 69.1 Å². The maximum Gasteiger partial charge on any atom is 0.243 e. The largest absolute Gasteiger partial charge is 0.323 e. The zero-order valence-electron chi connectivity index (χ0n) is 23.5. The Labute approximate surface area is 246 Å². The van der Waals surface area contributed by atoms with E-state index in [9.17, 15) is 13.2 Å². The molecule has 0 aliphatic carbocycles. The summed E-state index contributed by atoms with van der Waals surface area (Å²) in [5, 5.41) is 10.1. The Balaban J connectivity index is 1.53. The Morgan fingerprint density at radius 1 is 1.12 bits per heavy atom. The molecular formula is C30H37ClFN5O3S. The van der Waals surface area contributed by atoms with Crippen LogP contribution in [-0.4, -0.2) is 60.9 Å². The summed E-state index contributed by atoms with van der Waals surface area (Å²) in [6.07, 6.45) is 3.53. The minimum atomic E-state index is -3.76. The zero-order chi connectivity index (χ0) is 29.6. The quantitative estimate of drug-likeness (QED) is 0.301. The van der Waals surface area contributed by atoms with Gasteiger partial charge in [-0.25, -0.2) is 12.8 Å². The number of rotatable bonds is 11. The maximum absolute atomic E-state index is 15.1. The van der Waals surface area contributed by atoms with Crippen molar-refractivity contribution in [3.05, 3.63) is 89.0 Å². The average Bonchev–Trinajstić information content (AvgIpc) is 2.93. The number of hydrogen-bond donors (Lipinski definition) is 3. The van der Waals surface area contributed by atoms with E-state index in [0.717, 1.165) is 11.8 Å². The Morgan fingerprint density at radius 2 is 1.83 bits per heavy atom. The van der Waals surface area contributed by atoms with Gasteiger partial charge in [0.15, 0.2) is 0 Å². The molecule has 1 fully saturated rings. The number of carbonyl (C=O) groups excluding carboxylic acids is 1. The molecule has 41 heavy (non-hydrogen) atoms. The van der Waals surface area contributed by atoms with Crippen molar-refractivity contribution in [1.82, 2.24) is 19.9 Å². The minimum absolute atomic E-state index is 0.0292. The summed E-state index contributed by atoms with van der Waals surface area (Å²) < 4.78 is 43.8. The molecule has 1 amide bonds. The van der Waals surface area contributed by atoms with Crippen LogP contribution in [0.4, 0.5) is 10.1 Å². The number of sulfonamides is 1. The first-order chi connectivity index (χ1) is 19.6. The van der Waals surface area contributed by atoms with E-state index in [4.69, 9.17) is 11.6 Å². The van der Waals surface area contributed by atoms with Crippen LogP contribution < -0.4 is 16.0 Å². The summed E-state index contributed by atoms with van der Waals surface area (Å²) in [6.45, 7) is 6.72. The number of amides is 1. The predicted molar refractivity (Wildman–Crippen MR) is 160 cm³/mol. The summed E-state index contributed by atoms with van der Waals surface area (Å²) in [5.41, 5.74) is 1.49. The van der Waals surface area contributed by atoms with Crippen LogP contribution in [-0.2, 0) is 27.7 Å². The molecule has 220 valence electrons. The van der Waals surface area contributed by atoms with E-state index in [2.05, 4.69) is 20.9 Å². The SMILES string of the molecule is CC(C)N[C@@H](Cc1ccc(Cl)cc1)C(=O)Nc1cncc(F)c1CC[C@H]1CNC[C@H](C)N1S(=O)(=O)c1ccccc1. The lowest BCUT2D eigenvalue weighted by Crippen LogP contribution is -2.58. The molecule has 0 spiro atoms. The molecule has 0 bridgehead atoms. The van der Waals surface area contributed by atoms with Crippen LogP contribution in [0.2, 0.25) is 5.02 Å². The van der Waals surface area contributed by atoms with Gasteiger partial charge in [0.05, 0.1) is 29.0 Å². The van der Waals surface area contributed by atoms with Gasteiger partial charge in [0.2, 0.25) is 15.9 Å². The van der Waals surface area contributed by atoms with Crippen molar-refractivity contribution in [3.8, 4) is 0 Å². The van der Waals surface area contributed by atoms with Crippen molar-refractivity contribution in [3.63, 3.8) is 0 Å². The summed E-state index contributed by atoms with van der Waals surface area (Å²) in [7, 11) is -3.76. The predicted octanol–water partition coefficient (Wildman–Crippen LogP) is 4.41. The average molecular weight is 602 g/mol. The molecule has 4 rings (SSSR count). The van der Waals surface area contributed by atoms with Crippen LogP contribution in [0.3, 0.4) is 0 Å². The van der Waals surface area contributed by atoms with E-state index in [1.54, 1.807) is 42.5 Å². The molecule has 0 saturated carbocycles. The van der Waals surface area contributed by atoms with Gasteiger partial charge < -0.3 is 16.0 Å². The van der Waals surface area contributed by atoms with Crippen LogP contribution in [0.15, 0.2) is 71.9 Å². The second-order valence-electron chi connectivity index (χ2n) is 10.7. The second kappa shape index (κ2) is 13.8. The standard InChI is InChI=1S/C30H37ClFN5O3S/c1-20(2)35-28(15-22-9-11-23(31)12-10-22)30(38)36-29-19-34-18-27(32)26(29)14-13-24-17-33-16-21(3)37(24)41(39,40)25-7-5-4-6-8-25/h4-12,18-21,24,28,33,35H,13-17H2,1-3H3,(H,36,38)/t21-,24-,28-/m0/s1. The molecule has 2 heterocycles. The van der Waals surface area contributed by atoms with Crippen LogP contribution in [0.5, 0.6) is 0 Å². The van der Waals surface area contributed by atoms with Gasteiger partial charge in [-0.3, -0.25) is 9.78 Å². The number of nitrogens with one attached hydrogen (secondary N) is 3. The van der Waals surface area contributed by atoms with E-state index in [1.165, 1.54) is 10.5 Å². The topological polar surface area (TPSA) is 103 Å². The fraction of sp³-hybridized carbons (Fsp3) is 0.400. The smallest absolute Gasteiger partial charge is 0.243 e. The molecule has 1 aromatic heterocycles. The molecular weight excluding hydrogens is 565 g/mol. The number of carbonyl (C=O) groups is 1. The highest BCUT2D eigenvalue weighted by atomic mass is 35.5. The number of pyridine rings is 1. The third-order valence-corrected chi connectivity index (χ3v) is 9.46. The molecule has 1 saturated heterocycles. The highest BCUT2D eigenvalue weighted by molar-refractivity contribution is 7.89. The molecule has 1 aliphatic rings. The number of hydrogen-bond acceptors (Lipinski definition) is 6. The molecule has 0 radical (unpaired) electrons. The van der Waals surface area contributed by atoms with E-state index in [1.807, 2.05) is 32.9 Å². The highest BCUT2D eigenvalue weighted by Crippen LogP contribution is 2.27. The molecule has 3 aromatic rings. The van der Waals surface area contributed by atoms with E-state index >= 15 is 4.39 Å². The second-order valence-corrected chi connectivity index (χ2v) is 13.0. The van der Waals surface area contributed by atoms with Crippen molar-refractivity contribution in [2.75, 3.05) is 18.4 Å². The van der Waals surface area contributed by atoms with Crippen LogP contribution in [0, 0.1) is 5.82 Å². The lowest BCUT2D eigenvalue weighted by Gasteiger charge is -2.40. The first-order valence-corrected chi connectivity index (χ1v) is 15.6. The first kappa shape index (κ1) is 31.1. The maximum atomic E-state index is 15.1. The van der Waals surface area contributed by atoms with Crippen LogP contribution >= 0.6 is 11.6 Å². The zero-order valence-corrected chi connectivity index (χ0v) is 25.1. The lowest BCUT2D eigenvalue weighted by atomic mass is 10.0. The van der Waals surface area contributed by atoms with Crippen LogP contribution in [0.25, 0.3) is 0 Å². The van der Waals surface area contributed by atoms with Gasteiger partial charge in [-0.1, -0.05) is 55.8 Å². The molecule has 8 nitrogen and oxygen atoms in total. The molecule has 1 aliphatic heterocycles. The Hall–Kier alpha value is -2.89. The van der Waals surface area contributed by atoms with Crippen molar-refractivity contribution in [2.24, 2.45) is 0 Å². The fourth-order valence-electron chi connectivity index (χ4n) is 5.22. The van der Waals surface area contributed by atoms with Gasteiger partial charge in [-0.15, -0.1) is 0 Å². The summed E-state index contributed by atoms with van der Waals surface area (Å²) in [5.74, 6) is -0.869. The number of nitrogens with zero attached hydrogens (tertiary/aromatic N) is 2. The summed E-state index contributed by atoms with van der Waals surface area (Å²) >= 11 is 6.02.